The molecule has 0 fully saturated rings. The second-order valence-corrected chi connectivity index (χ2v) is 5.05. The third-order valence-electron chi connectivity index (χ3n) is 3.07. The van der Waals surface area contributed by atoms with E-state index in [1.54, 1.807) is 19.1 Å². The predicted octanol–water partition coefficient (Wildman–Crippen LogP) is 3.19. The van der Waals surface area contributed by atoms with Crippen molar-refractivity contribution in [3.63, 3.8) is 0 Å². The van der Waals surface area contributed by atoms with Crippen LogP contribution in [0.4, 0.5) is 4.39 Å². The minimum atomic E-state index is -0.900. The highest BCUT2D eigenvalue weighted by molar-refractivity contribution is 6.30. The molecule has 110 valence electrons. The van der Waals surface area contributed by atoms with Crippen LogP contribution in [0.2, 0.25) is 5.15 Å². The van der Waals surface area contributed by atoms with E-state index < -0.39 is 5.97 Å². The summed E-state index contributed by atoms with van der Waals surface area (Å²) >= 11 is 6.16. The van der Waals surface area contributed by atoms with Crippen LogP contribution in [0.3, 0.4) is 0 Å². The Morgan fingerprint density at radius 2 is 1.95 bits per heavy atom. The Bertz CT molecular complexity index is 636. The zero-order valence-electron chi connectivity index (χ0n) is 11.4. The maximum atomic E-state index is 12.9. The molecule has 0 unspecified atom stereocenters. The second kappa shape index (κ2) is 6.63. The number of aromatic nitrogens is 2. The van der Waals surface area contributed by atoms with Crippen molar-refractivity contribution in [2.24, 2.45) is 0 Å². The van der Waals surface area contributed by atoms with Crippen molar-refractivity contribution in [1.29, 1.82) is 0 Å². The number of carboxylic acid groups (broad SMARTS) is 1. The third kappa shape index (κ3) is 4.23. The molecule has 6 heteroatoms. The van der Waals surface area contributed by atoms with Crippen LogP contribution in [0.1, 0.15) is 29.1 Å². The Balaban J connectivity index is 2.20. The molecular formula is C15H14ClFN2O2. The van der Waals surface area contributed by atoms with Crippen LogP contribution in [0.25, 0.3) is 0 Å². The predicted molar refractivity (Wildman–Crippen MR) is 76.9 cm³/mol. The summed E-state index contributed by atoms with van der Waals surface area (Å²) in [6, 6.07) is 6.15. The Morgan fingerprint density at radius 3 is 2.52 bits per heavy atom. The Kier molecular flexibility index (Phi) is 4.85. The quantitative estimate of drug-likeness (QED) is 0.862. The molecule has 1 heterocycles. The molecular weight excluding hydrogens is 295 g/mol. The number of carboxylic acids is 1. The molecule has 0 saturated carbocycles. The molecule has 0 aliphatic rings. The Morgan fingerprint density at radius 1 is 1.29 bits per heavy atom. The van der Waals surface area contributed by atoms with Crippen LogP contribution in [0, 0.1) is 12.7 Å². The van der Waals surface area contributed by atoms with Gasteiger partial charge in [-0.3, -0.25) is 4.79 Å². The maximum Gasteiger partial charge on any atom is 0.303 e. The van der Waals surface area contributed by atoms with E-state index in [4.69, 9.17) is 16.7 Å². The van der Waals surface area contributed by atoms with Gasteiger partial charge < -0.3 is 5.11 Å². The van der Waals surface area contributed by atoms with Crippen LogP contribution < -0.4 is 0 Å². The van der Waals surface area contributed by atoms with Gasteiger partial charge in [0.2, 0.25) is 0 Å². The van der Waals surface area contributed by atoms with E-state index in [-0.39, 0.29) is 18.7 Å². The number of carbonyl (C=O) groups is 1. The van der Waals surface area contributed by atoms with Crippen molar-refractivity contribution in [2.45, 2.75) is 26.2 Å². The molecule has 0 bridgehead atoms. The van der Waals surface area contributed by atoms with Crippen LogP contribution in [0.15, 0.2) is 24.3 Å². The number of hydrogen-bond acceptors (Lipinski definition) is 3. The van der Waals surface area contributed by atoms with Crippen LogP contribution >= 0.6 is 11.6 Å². The fourth-order valence-electron chi connectivity index (χ4n) is 1.95. The van der Waals surface area contributed by atoms with Crippen molar-refractivity contribution in [3.05, 3.63) is 57.9 Å². The number of rotatable bonds is 5. The number of nitrogens with zero attached hydrogens (tertiary/aromatic N) is 2. The first-order chi connectivity index (χ1) is 9.95. The van der Waals surface area contributed by atoms with Gasteiger partial charge >= 0.3 is 5.97 Å². The first-order valence-corrected chi connectivity index (χ1v) is 6.81. The standard InChI is InChI=1S/C15H14ClFN2O2/c1-9-12(8-10-2-4-11(17)5-3-10)15(16)19-13(18-9)6-7-14(20)21/h2-5H,6-8H2,1H3,(H,20,21). The summed E-state index contributed by atoms with van der Waals surface area (Å²) in [5, 5.41) is 8.98. The maximum absolute atomic E-state index is 12.9. The molecule has 0 aliphatic carbocycles. The molecule has 4 nitrogen and oxygen atoms in total. The lowest BCUT2D eigenvalue weighted by Crippen LogP contribution is -2.06. The summed E-state index contributed by atoms with van der Waals surface area (Å²) in [6.07, 6.45) is 0.712. The normalized spacial score (nSPS) is 10.6. The molecule has 0 amide bonds. The summed E-state index contributed by atoms with van der Waals surface area (Å²) in [5.41, 5.74) is 2.38. The summed E-state index contributed by atoms with van der Waals surface area (Å²) in [5.74, 6) is -0.771. The minimum absolute atomic E-state index is 0.0346. The highest BCUT2D eigenvalue weighted by atomic mass is 35.5. The second-order valence-electron chi connectivity index (χ2n) is 4.69. The van der Waals surface area contributed by atoms with E-state index in [9.17, 15) is 9.18 Å². The monoisotopic (exact) mass is 308 g/mol. The average molecular weight is 309 g/mol. The van der Waals surface area contributed by atoms with Gasteiger partial charge in [0.05, 0.1) is 6.42 Å². The number of aryl methyl sites for hydroxylation is 2. The number of aliphatic carboxylic acids is 1. The van der Waals surface area contributed by atoms with Gasteiger partial charge in [-0.1, -0.05) is 23.7 Å². The zero-order valence-corrected chi connectivity index (χ0v) is 12.2. The molecule has 2 rings (SSSR count). The zero-order chi connectivity index (χ0) is 15.4. The number of hydrogen-bond donors (Lipinski definition) is 1. The Labute approximate surface area is 126 Å². The minimum Gasteiger partial charge on any atom is -0.481 e. The van der Waals surface area contributed by atoms with E-state index >= 15 is 0 Å². The smallest absolute Gasteiger partial charge is 0.303 e. The molecule has 1 aromatic carbocycles. The van der Waals surface area contributed by atoms with Gasteiger partial charge in [-0.2, -0.15) is 0 Å². The lowest BCUT2D eigenvalue weighted by molar-refractivity contribution is -0.137. The highest BCUT2D eigenvalue weighted by Gasteiger charge is 2.12. The van der Waals surface area contributed by atoms with Crippen molar-refractivity contribution < 1.29 is 14.3 Å². The molecule has 0 spiro atoms. The van der Waals surface area contributed by atoms with Gasteiger partial charge in [0.1, 0.15) is 16.8 Å². The SMILES string of the molecule is Cc1nc(CCC(=O)O)nc(Cl)c1Cc1ccc(F)cc1. The van der Waals surface area contributed by atoms with Crippen molar-refractivity contribution in [1.82, 2.24) is 9.97 Å². The fraction of sp³-hybridized carbons (Fsp3) is 0.267. The van der Waals surface area contributed by atoms with Gasteiger partial charge in [0.25, 0.3) is 0 Å². The third-order valence-corrected chi connectivity index (χ3v) is 3.38. The fourth-order valence-corrected chi connectivity index (χ4v) is 2.26. The van der Waals surface area contributed by atoms with E-state index in [1.165, 1.54) is 12.1 Å². The molecule has 1 aromatic heterocycles. The van der Waals surface area contributed by atoms with E-state index in [1.807, 2.05) is 0 Å². The van der Waals surface area contributed by atoms with E-state index in [0.717, 1.165) is 11.1 Å². The summed E-state index contributed by atoms with van der Waals surface area (Å²) in [6.45, 7) is 1.80. The molecule has 0 aliphatic heterocycles. The molecule has 2 aromatic rings. The largest absolute Gasteiger partial charge is 0.481 e. The first-order valence-electron chi connectivity index (χ1n) is 6.44. The van der Waals surface area contributed by atoms with Crippen LogP contribution in [0.5, 0.6) is 0 Å². The lowest BCUT2D eigenvalue weighted by Gasteiger charge is -2.09. The van der Waals surface area contributed by atoms with Gasteiger partial charge in [-0.15, -0.1) is 0 Å². The van der Waals surface area contributed by atoms with Gasteiger partial charge in [-0.25, -0.2) is 14.4 Å². The molecule has 0 atom stereocenters. The lowest BCUT2D eigenvalue weighted by atomic mass is 10.1. The highest BCUT2D eigenvalue weighted by Crippen LogP contribution is 2.21. The number of benzene rings is 1. The van der Waals surface area contributed by atoms with Gasteiger partial charge in [0.15, 0.2) is 0 Å². The van der Waals surface area contributed by atoms with Crippen molar-refractivity contribution >= 4 is 17.6 Å². The molecule has 0 radical (unpaired) electrons. The van der Waals surface area contributed by atoms with Crippen molar-refractivity contribution in [3.8, 4) is 0 Å². The topological polar surface area (TPSA) is 63.1 Å². The van der Waals surface area contributed by atoms with E-state index in [0.29, 0.717) is 23.1 Å². The van der Waals surface area contributed by atoms with Crippen LogP contribution in [-0.2, 0) is 17.6 Å². The molecule has 21 heavy (non-hydrogen) atoms. The van der Waals surface area contributed by atoms with Gasteiger partial charge in [-0.05, 0) is 24.6 Å². The van der Waals surface area contributed by atoms with E-state index in [2.05, 4.69) is 9.97 Å². The number of halogens is 2. The van der Waals surface area contributed by atoms with Crippen LogP contribution in [-0.4, -0.2) is 21.0 Å². The molecule has 1 N–H and O–H groups in total. The summed E-state index contributed by atoms with van der Waals surface area (Å²) in [4.78, 5) is 19.0. The first kappa shape index (κ1) is 15.4. The molecule has 0 saturated heterocycles. The van der Waals surface area contributed by atoms with Crippen molar-refractivity contribution in [2.75, 3.05) is 0 Å². The Hall–Kier alpha value is -2.01. The summed E-state index contributed by atoms with van der Waals surface area (Å²) < 4.78 is 12.9. The summed E-state index contributed by atoms with van der Waals surface area (Å²) in [7, 11) is 0. The van der Waals surface area contributed by atoms with Gasteiger partial charge in [0, 0.05) is 24.1 Å². The average Bonchev–Trinajstić information content (AvgIpc) is 2.42.